The van der Waals surface area contributed by atoms with Crippen LogP contribution in [0, 0.1) is 0 Å². The first-order valence-electron chi connectivity index (χ1n) is 8.00. The molecule has 1 saturated heterocycles. The van der Waals surface area contributed by atoms with Crippen LogP contribution in [0.4, 0.5) is 13.2 Å². The first kappa shape index (κ1) is 21.2. The van der Waals surface area contributed by atoms with Gasteiger partial charge in [-0.1, -0.05) is 23.9 Å². The molecule has 2 N–H and O–H groups in total. The van der Waals surface area contributed by atoms with Crippen LogP contribution in [0.3, 0.4) is 0 Å². The zero-order chi connectivity index (χ0) is 20.4. The van der Waals surface area contributed by atoms with Crippen LogP contribution in [0.1, 0.15) is 30.9 Å². The normalized spacial score (nSPS) is 22.7. The van der Waals surface area contributed by atoms with Crippen molar-refractivity contribution in [2.24, 2.45) is 0 Å². The van der Waals surface area contributed by atoms with Crippen molar-refractivity contribution in [1.29, 1.82) is 0 Å². The summed E-state index contributed by atoms with van der Waals surface area (Å²) in [6, 6.07) is 2.48. The van der Waals surface area contributed by atoms with Gasteiger partial charge in [0, 0.05) is 25.5 Å². The number of amides is 1. The molecular weight excluding hydrogens is 387 g/mol. The molecule has 2 atom stereocenters. The maximum Gasteiger partial charge on any atom is 0.416 e. The van der Waals surface area contributed by atoms with Crippen LogP contribution in [0.25, 0.3) is 0 Å². The van der Waals surface area contributed by atoms with E-state index in [-0.39, 0.29) is 35.8 Å². The van der Waals surface area contributed by atoms with Crippen LogP contribution in [0.5, 0.6) is 0 Å². The highest BCUT2D eigenvalue weighted by Gasteiger charge is 2.48. The fourth-order valence-electron chi connectivity index (χ4n) is 2.97. The van der Waals surface area contributed by atoms with Gasteiger partial charge in [-0.3, -0.25) is 9.59 Å². The standard InChI is InChI=1S/C17H18F3NO5S/c1-10(22)27-7-6-14(23)21-9-16(26,8-13(21)15(24)25)11-2-4-12(5-3-11)17(18,19)20/h2-5,13,26H,6-9H2,1H3,(H,24,25)/t13-,16?/m0/s1. The monoisotopic (exact) mass is 405 g/mol. The summed E-state index contributed by atoms with van der Waals surface area (Å²) in [6.45, 7) is 0.993. The third-order valence-corrected chi connectivity index (χ3v) is 5.13. The van der Waals surface area contributed by atoms with E-state index in [1.165, 1.54) is 6.92 Å². The molecule has 1 aliphatic heterocycles. The van der Waals surface area contributed by atoms with Gasteiger partial charge in [-0.05, 0) is 17.7 Å². The van der Waals surface area contributed by atoms with Crippen molar-refractivity contribution in [3.05, 3.63) is 35.4 Å². The molecule has 0 saturated carbocycles. The van der Waals surface area contributed by atoms with Crippen LogP contribution < -0.4 is 0 Å². The summed E-state index contributed by atoms with van der Waals surface area (Å²) >= 11 is 0.925. The maximum absolute atomic E-state index is 12.7. The van der Waals surface area contributed by atoms with E-state index in [1.54, 1.807) is 0 Å². The fraction of sp³-hybridized carbons (Fsp3) is 0.471. The van der Waals surface area contributed by atoms with Gasteiger partial charge in [-0.25, -0.2) is 4.79 Å². The summed E-state index contributed by atoms with van der Waals surface area (Å²) in [6.07, 6.45) is -4.95. The molecule has 10 heteroatoms. The number of carboxylic acid groups (broad SMARTS) is 1. The van der Waals surface area contributed by atoms with E-state index in [0.29, 0.717) is 0 Å². The number of aliphatic hydroxyl groups is 1. The number of alkyl halides is 3. The van der Waals surface area contributed by atoms with Crippen LogP contribution in [-0.4, -0.2) is 50.4 Å². The lowest BCUT2D eigenvalue weighted by Gasteiger charge is -2.24. The van der Waals surface area contributed by atoms with Crippen molar-refractivity contribution in [2.45, 2.75) is 37.6 Å². The van der Waals surface area contributed by atoms with Crippen molar-refractivity contribution >= 4 is 28.8 Å². The molecule has 1 aromatic rings. The highest BCUT2D eigenvalue weighted by molar-refractivity contribution is 8.13. The molecule has 148 valence electrons. The Morgan fingerprint density at radius 2 is 1.85 bits per heavy atom. The van der Waals surface area contributed by atoms with Gasteiger partial charge in [0.1, 0.15) is 11.6 Å². The minimum absolute atomic E-state index is 0.0862. The molecule has 0 bridgehead atoms. The molecule has 0 aromatic heterocycles. The topological polar surface area (TPSA) is 94.9 Å². The molecule has 27 heavy (non-hydrogen) atoms. The van der Waals surface area contributed by atoms with Crippen molar-refractivity contribution in [3.63, 3.8) is 0 Å². The molecule has 0 radical (unpaired) electrons. The predicted molar refractivity (Wildman–Crippen MR) is 90.9 cm³/mol. The Balaban J connectivity index is 2.19. The largest absolute Gasteiger partial charge is 0.480 e. The summed E-state index contributed by atoms with van der Waals surface area (Å²) in [4.78, 5) is 35.7. The van der Waals surface area contributed by atoms with Crippen LogP contribution in [-0.2, 0) is 26.2 Å². The summed E-state index contributed by atoms with van der Waals surface area (Å²) in [7, 11) is 0. The third-order valence-electron chi connectivity index (χ3n) is 4.32. The van der Waals surface area contributed by atoms with Crippen molar-refractivity contribution in [2.75, 3.05) is 12.3 Å². The quantitative estimate of drug-likeness (QED) is 0.780. The second-order valence-corrected chi connectivity index (χ2v) is 7.55. The van der Waals surface area contributed by atoms with Gasteiger partial charge in [0.15, 0.2) is 5.12 Å². The second-order valence-electron chi connectivity index (χ2n) is 6.28. The number of nitrogens with zero attached hydrogens (tertiary/aromatic N) is 1. The lowest BCUT2D eigenvalue weighted by Crippen LogP contribution is -2.41. The van der Waals surface area contributed by atoms with Crippen molar-refractivity contribution in [1.82, 2.24) is 4.90 Å². The minimum atomic E-state index is -4.53. The van der Waals surface area contributed by atoms with Gasteiger partial charge in [-0.2, -0.15) is 13.2 Å². The van der Waals surface area contributed by atoms with Gasteiger partial charge >= 0.3 is 12.1 Å². The number of hydrogen-bond acceptors (Lipinski definition) is 5. The Labute approximate surface area is 157 Å². The molecule has 2 rings (SSSR count). The highest BCUT2D eigenvalue weighted by atomic mass is 32.2. The molecule has 6 nitrogen and oxygen atoms in total. The molecular formula is C17H18F3NO5S. The van der Waals surface area contributed by atoms with Crippen molar-refractivity contribution < 1.29 is 37.8 Å². The average molecular weight is 405 g/mol. The maximum atomic E-state index is 12.7. The Hall–Kier alpha value is -2.07. The van der Waals surface area contributed by atoms with Crippen molar-refractivity contribution in [3.8, 4) is 0 Å². The van der Waals surface area contributed by atoms with E-state index >= 15 is 0 Å². The molecule has 1 fully saturated rings. The zero-order valence-corrected chi connectivity index (χ0v) is 15.1. The first-order chi connectivity index (χ1) is 12.4. The third kappa shape index (κ3) is 5.01. The SMILES string of the molecule is CC(=O)SCCC(=O)N1CC(O)(c2ccc(C(F)(F)F)cc2)C[C@H]1C(=O)O. The molecule has 1 unspecified atom stereocenters. The number of halogens is 3. The molecule has 0 aliphatic carbocycles. The highest BCUT2D eigenvalue weighted by Crippen LogP contribution is 2.38. The van der Waals surface area contributed by atoms with Gasteiger partial charge in [0.05, 0.1) is 12.1 Å². The zero-order valence-electron chi connectivity index (χ0n) is 14.3. The van der Waals surface area contributed by atoms with Gasteiger partial charge in [-0.15, -0.1) is 0 Å². The smallest absolute Gasteiger partial charge is 0.416 e. The number of β-amino-alcohol motifs (C(OH)–C–C–N with tert-alkyl or cyclic N) is 1. The lowest BCUT2D eigenvalue weighted by molar-refractivity contribution is -0.148. The Kier molecular flexibility index (Phi) is 6.21. The lowest BCUT2D eigenvalue weighted by atomic mass is 9.90. The van der Waals surface area contributed by atoms with E-state index in [2.05, 4.69) is 0 Å². The fourth-order valence-corrected chi connectivity index (χ4v) is 3.54. The number of carboxylic acids is 1. The number of rotatable bonds is 5. The van der Waals surface area contributed by atoms with E-state index < -0.39 is 35.3 Å². The number of carbonyl (C=O) groups is 3. The number of likely N-dealkylation sites (tertiary alicyclic amines) is 1. The van der Waals surface area contributed by atoms with Gasteiger partial charge in [0.25, 0.3) is 0 Å². The molecule has 1 aromatic carbocycles. The first-order valence-corrected chi connectivity index (χ1v) is 8.98. The number of hydrogen-bond donors (Lipinski definition) is 2. The van der Waals surface area contributed by atoms with Crippen LogP contribution >= 0.6 is 11.8 Å². The number of thioether (sulfide) groups is 1. The number of aliphatic carboxylic acids is 1. The molecule has 1 heterocycles. The molecule has 1 aliphatic rings. The summed E-state index contributed by atoms with van der Waals surface area (Å²) in [5.74, 6) is -1.68. The minimum Gasteiger partial charge on any atom is -0.480 e. The van der Waals surface area contributed by atoms with Gasteiger partial charge < -0.3 is 15.1 Å². The number of benzene rings is 1. The Morgan fingerprint density at radius 1 is 1.26 bits per heavy atom. The summed E-state index contributed by atoms with van der Waals surface area (Å²) in [5.41, 5.74) is -2.55. The Morgan fingerprint density at radius 3 is 2.33 bits per heavy atom. The summed E-state index contributed by atoms with van der Waals surface area (Å²) in [5, 5.41) is 20.0. The van der Waals surface area contributed by atoms with E-state index in [1.807, 2.05) is 0 Å². The number of carbonyl (C=O) groups excluding carboxylic acids is 2. The van der Waals surface area contributed by atoms with E-state index in [4.69, 9.17) is 0 Å². The predicted octanol–water partition coefficient (Wildman–Crippen LogP) is 2.25. The molecule has 0 spiro atoms. The van der Waals surface area contributed by atoms with Gasteiger partial charge in [0.2, 0.25) is 5.91 Å². The van der Waals surface area contributed by atoms with E-state index in [9.17, 15) is 37.8 Å². The summed E-state index contributed by atoms with van der Waals surface area (Å²) < 4.78 is 38.1. The average Bonchev–Trinajstić information content (AvgIpc) is 2.93. The van der Waals surface area contributed by atoms with E-state index in [0.717, 1.165) is 40.9 Å². The second kappa shape index (κ2) is 7.89. The van der Waals surface area contributed by atoms with Crippen LogP contribution in [0.15, 0.2) is 24.3 Å². The van der Waals surface area contributed by atoms with Crippen LogP contribution in [0.2, 0.25) is 0 Å². The Bertz CT molecular complexity index is 737. The molecule has 1 amide bonds.